The fourth-order valence-electron chi connectivity index (χ4n) is 3.10. The van der Waals surface area contributed by atoms with Gasteiger partial charge in [-0.3, -0.25) is 0 Å². The van der Waals surface area contributed by atoms with Crippen LogP contribution >= 0.6 is 0 Å². The minimum absolute atomic E-state index is 0.0127. The summed E-state index contributed by atoms with van der Waals surface area (Å²) in [6, 6.07) is 2.46. The summed E-state index contributed by atoms with van der Waals surface area (Å²) in [4.78, 5) is 4.49. The maximum atomic E-state index is 11.5. The molecule has 0 aromatic rings. The van der Waals surface area contributed by atoms with Crippen LogP contribution in [0, 0.1) is 23.2 Å². The number of hydrogen-bond donors (Lipinski definition) is 2. The lowest BCUT2D eigenvalue weighted by molar-refractivity contribution is 0.519. The number of nitriles is 1. The third-order valence-electron chi connectivity index (χ3n) is 4.40. The highest BCUT2D eigenvalue weighted by Gasteiger charge is 2.30. The van der Waals surface area contributed by atoms with Gasteiger partial charge < -0.3 is 10.6 Å². The van der Waals surface area contributed by atoms with Gasteiger partial charge in [-0.1, -0.05) is 12.2 Å². The minimum atomic E-state index is -2.86. The number of aliphatic imine (C=N–C) groups is 1. The topological polar surface area (TPSA) is 94.3 Å². The van der Waals surface area contributed by atoms with Gasteiger partial charge in [0.1, 0.15) is 0 Å². The van der Waals surface area contributed by atoms with E-state index in [4.69, 9.17) is 0 Å². The Morgan fingerprint density at radius 2 is 2.17 bits per heavy atom. The van der Waals surface area contributed by atoms with Crippen molar-refractivity contribution in [2.45, 2.75) is 38.6 Å². The van der Waals surface area contributed by atoms with Crippen LogP contribution in [0.5, 0.6) is 0 Å². The van der Waals surface area contributed by atoms with Crippen molar-refractivity contribution in [1.29, 1.82) is 5.26 Å². The summed E-state index contributed by atoms with van der Waals surface area (Å²) in [5.41, 5.74) is 0.956. The van der Waals surface area contributed by atoms with Gasteiger partial charge in [-0.15, -0.1) is 0 Å². The van der Waals surface area contributed by atoms with Crippen molar-refractivity contribution in [2.75, 3.05) is 24.6 Å². The van der Waals surface area contributed by atoms with E-state index in [2.05, 4.69) is 28.3 Å². The standard InChI is InChI=1S/C16H26N4O2S/c1-12(2)9-18-16(20-15-5-3-4-14(15)8-17)19-10-13-6-7-23(21,22)11-13/h13-15H,1,3-7,9-11H2,2H3,(H2,18,19,20). The maximum absolute atomic E-state index is 11.5. The maximum Gasteiger partial charge on any atom is 0.191 e. The zero-order valence-electron chi connectivity index (χ0n) is 13.7. The molecule has 0 radical (unpaired) electrons. The van der Waals surface area contributed by atoms with Crippen molar-refractivity contribution in [3.63, 3.8) is 0 Å². The number of nitrogens with zero attached hydrogens (tertiary/aromatic N) is 2. The van der Waals surface area contributed by atoms with Crippen molar-refractivity contribution in [3.8, 4) is 6.07 Å². The monoisotopic (exact) mass is 338 g/mol. The molecule has 23 heavy (non-hydrogen) atoms. The molecule has 7 heteroatoms. The second-order valence-corrected chi connectivity index (χ2v) is 8.92. The van der Waals surface area contributed by atoms with E-state index in [1.54, 1.807) is 0 Å². The van der Waals surface area contributed by atoms with Gasteiger partial charge in [0.2, 0.25) is 0 Å². The predicted octanol–water partition coefficient (Wildman–Crippen LogP) is 1.22. The van der Waals surface area contributed by atoms with Crippen LogP contribution in [0.2, 0.25) is 0 Å². The minimum Gasteiger partial charge on any atom is -0.356 e. The van der Waals surface area contributed by atoms with Gasteiger partial charge in [0, 0.05) is 12.6 Å². The Morgan fingerprint density at radius 3 is 2.78 bits per heavy atom. The molecule has 0 bridgehead atoms. The third kappa shape index (κ3) is 5.54. The molecule has 2 aliphatic rings. The lowest BCUT2D eigenvalue weighted by Gasteiger charge is -2.21. The van der Waals surface area contributed by atoms with E-state index in [1.165, 1.54) is 0 Å². The molecule has 0 aromatic carbocycles. The third-order valence-corrected chi connectivity index (χ3v) is 6.23. The quantitative estimate of drug-likeness (QED) is 0.447. The second kappa shape index (κ2) is 7.82. The fraction of sp³-hybridized carbons (Fsp3) is 0.750. The van der Waals surface area contributed by atoms with Gasteiger partial charge in [0.15, 0.2) is 15.8 Å². The van der Waals surface area contributed by atoms with Crippen LogP contribution in [0.1, 0.15) is 32.6 Å². The molecule has 0 spiro atoms. The molecule has 2 N–H and O–H groups in total. The first-order valence-corrected chi connectivity index (χ1v) is 10.0. The van der Waals surface area contributed by atoms with Crippen molar-refractivity contribution in [2.24, 2.45) is 16.8 Å². The molecular weight excluding hydrogens is 312 g/mol. The van der Waals surface area contributed by atoms with Crippen molar-refractivity contribution < 1.29 is 8.42 Å². The van der Waals surface area contributed by atoms with Crippen molar-refractivity contribution in [3.05, 3.63) is 12.2 Å². The molecule has 2 fully saturated rings. The Morgan fingerprint density at radius 1 is 1.39 bits per heavy atom. The number of rotatable bonds is 5. The van der Waals surface area contributed by atoms with Crippen LogP contribution in [0.3, 0.4) is 0 Å². The number of sulfone groups is 1. The first-order valence-electron chi connectivity index (χ1n) is 8.19. The molecule has 1 heterocycles. The van der Waals surface area contributed by atoms with Gasteiger partial charge in [-0.2, -0.15) is 5.26 Å². The Kier molecular flexibility index (Phi) is 6.05. The molecule has 1 saturated carbocycles. The van der Waals surface area contributed by atoms with Crippen LogP contribution in [-0.4, -0.2) is 45.0 Å². The Balaban J connectivity index is 1.93. The summed E-state index contributed by atoms with van der Waals surface area (Å²) < 4.78 is 23.1. The highest BCUT2D eigenvalue weighted by molar-refractivity contribution is 7.91. The van der Waals surface area contributed by atoms with Crippen molar-refractivity contribution in [1.82, 2.24) is 10.6 Å². The molecular formula is C16H26N4O2S. The zero-order chi connectivity index (χ0) is 16.9. The summed E-state index contributed by atoms with van der Waals surface area (Å²) in [7, 11) is -2.86. The molecule has 3 unspecified atom stereocenters. The first kappa shape index (κ1) is 17.8. The van der Waals surface area contributed by atoms with E-state index in [0.717, 1.165) is 24.8 Å². The SMILES string of the molecule is C=C(C)CN=C(NCC1CCS(=O)(=O)C1)NC1CCCC1C#N. The van der Waals surface area contributed by atoms with Crippen LogP contribution in [-0.2, 0) is 9.84 Å². The van der Waals surface area contributed by atoms with E-state index in [1.807, 2.05) is 6.92 Å². The Bertz CT molecular complexity index is 606. The fourth-order valence-corrected chi connectivity index (χ4v) is 4.97. The highest BCUT2D eigenvalue weighted by Crippen LogP contribution is 2.24. The molecule has 1 aliphatic carbocycles. The van der Waals surface area contributed by atoms with Crippen molar-refractivity contribution >= 4 is 15.8 Å². The van der Waals surface area contributed by atoms with E-state index in [0.29, 0.717) is 25.5 Å². The average Bonchev–Trinajstić information content (AvgIpc) is 3.07. The Labute approximate surface area is 139 Å². The first-order chi connectivity index (χ1) is 10.9. The van der Waals surface area contributed by atoms with E-state index >= 15 is 0 Å². The highest BCUT2D eigenvalue weighted by atomic mass is 32.2. The number of guanidine groups is 1. The Hall–Kier alpha value is -1.55. The van der Waals surface area contributed by atoms with Gasteiger partial charge >= 0.3 is 0 Å². The molecule has 0 amide bonds. The van der Waals surface area contributed by atoms with E-state index in [-0.39, 0.29) is 29.4 Å². The largest absolute Gasteiger partial charge is 0.356 e. The summed E-state index contributed by atoms with van der Waals surface area (Å²) >= 11 is 0. The van der Waals surface area contributed by atoms with Gasteiger partial charge in [0.25, 0.3) is 0 Å². The summed E-state index contributed by atoms with van der Waals surface area (Å²) in [5, 5.41) is 15.8. The molecule has 2 rings (SSSR count). The molecule has 6 nitrogen and oxygen atoms in total. The summed E-state index contributed by atoms with van der Waals surface area (Å²) in [5.74, 6) is 1.33. The summed E-state index contributed by atoms with van der Waals surface area (Å²) in [6.07, 6.45) is 3.63. The zero-order valence-corrected chi connectivity index (χ0v) is 14.5. The molecule has 1 saturated heterocycles. The second-order valence-electron chi connectivity index (χ2n) is 6.69. The molecule has 3 atom stereocenters. The predicted molar refractivity (Wildman–Crippen MR) is 91.8 cm³/mol. The molecule has 128 valence electrons. The van der Waals surface area contributed by atoms with Gasteiger partial charge in [0.05, 0.1) is 30.0 Å². The van der Waals surface area contributed by atoms with Crippen LogP contribution < -0.4 is 10.6 Å². The van der Waals surface area contributed by atoms with E-state index in [9.17, 15) is 13.7 Å². The number of nitrogens with one attached hydrogen (secondary N) is 2. The van der Waals surface area contributed by atoms with E-state index < -0.39 is 9.84 Å². The molecule has 1 aliphatic heterocycles. The lowest BCUT2D eigenvalue weighted by atomic mass is 10.1. The lowest BCUT2D eigenvalue weighted by Crippen LogP contribution is -2.46. The van der Waals surface area contributed by atoms with Gasteiger partial charge in [-0.05, 0) is 38.5 Å². The average molecular weight is 338 g/mol. The molecule has 0 aromatic heterocycles. The van der Waals surface area contributed by atoms with Gasteiger partial charge in [-0.25, -0.2) is 13.4 Å². The van der Waals surface area contributed by atoms with Crippen LogP contribution in [0.15, 0.2) is 17.1 Å². The van der Waals surface area contributed by atoms with Crippen LogP contribution in [0.25, 0.3) is 0 Å². The normalized spacial score (nSPS) is 29.9. The van der Waals surface area contributed by atoms with Crippen LogP contribution in [0.4, 0.5) is 0 Å². The smallest absolute Gasteiger partial charge is 0.191 e. The number of hydrogen-bond acceptors (Lipinski definition) is 4. The summed E-state index contributed by atoms with van der Waals surface area (Å²) in [6.45, 7) is 6.87.